The predicted octanol–water partition coefficient (Wildman–Crippen LogP) is 2.66. The molecule has 0 radical (unpaired) electrons. The molecule has 5 nitrogen and oxygen atoms in total. The van der Waals surface area contributed by atoms with Gasteiger partial charge in [-0.3, -0.25) is 0 Å². The summed E-state index contributed by atoms with van der Waals surface area (Å²) in [5.74, 6) is 0. The number of aryl methyl sites for hydroxylation is 1. The third-order valence-corrected chi connectivity index (χ3v) is 4.29. The molecule has 0 fully saturated rings. The lowest BCUT2D eigenvalue weighted by Crippen LogP contribution is -1.98. The molecule has 102 valence electrons. The maximum Gasteiger partial charge on any atom is 0.262 e. The van der Waals surface area contributed by atoms with E-state index in [4.69, 9.17) is 10.7 Å². The highest BCUT2D eigenvalue weighted by Crippen LogP contribution is 2.24. The number of pyridine rings is 1. The molecule has 0 amide bonds. The van der Waals surface area contributed by atoms with Gasteiger partial charge in [-0.2, -0.15) is 5.10 Å². The second kappa shape index (κ2) is 4.57. The Labute approximate surface area is 120 Å². The van der Waals surface area contributed by atoms with E-state index in [9.17, 15) is 8.42 Å². The van der Waals surface area contributed by atoms with Gasteiger partial charge in [-0.25, -0.2) is 18.1 Å². The SMILES string of the molecule is Cc1nn(-c2ccccc2)c2ncc(S(=O)(=O)Cl)cc12. The van der Waals surface area contributed by atoms with Crippen molar-refractivity contribution in [1.29, 1.82) is 0 Å². The normalized spacial score (nSPS) is 11.9. The molecule has 0 unspecified atom stereocenters. The first kappa shape index (κ1) is 13.1. The van der Waals surface area contributed by atoms with Gasteiger partial charge in [-0.05, 0) is 25.1 Å². The summed E-state index contributed by atoms with van der Waals surface area (Å²) in [4.78, 5) is 4.16. The molecule has 2 aromatic heterocycles. The second-order valence-electron chi connectivity index (χ2n) is 4.31. The third-order valence-electron chi connectivity index (χ3n) is 2.96. The molecule has 0 atom stereocenters. The Balaban J connectivity index is 2.29. The summed E-state index contributed by atoms with van der Waals surface area (Å²) in [5, 5.41) is 5.06. The molecule has 0 spiro atoms. The summed E-state index contributed by atoms with van der Waals surface area (Å²) in [6.07, 6.45) is 1.24. The van der Waals surface area contributed by atoms with E-state index < -0.39 is 9.05 Å². The zero-order chi connectivity index (χ0) is 14.3. The molecule has 0 aliphatic carbocycles. The largest absolute Gasteiger partial charge is 0.262 e. The number of para-hydroxylation sites is 1. The van der Waals surface area contributed by atoms with Gasteiger partial charge in [0.2, 0.25) is 0 Å². The zero-order valence-corrected chi connectivity index (χ0v) is 12.1. The van der Waals surface area contributed by atoms with E-state index in [2.05, 4.69) is 10.1 Å². The van der Waals surface area contributed by atoms with Crippen molar-refractivity contribution in [3.05, 3.63) is 48.3 Å². The van der Waals surface area contributed by atoms with Crippen molar-refractivity contribution in [2.45, 2.75) is 11.8 Å². The summed E-state index contributed by atoms with van der Waals surface area (Å²) in [6.45, 7) is 1.80. The fourth-order valence-corrected chi connectivity index (χ4v) is 2.70. The predicted molar refractivity (Wildman–Crippen MR) is 76.6 cm³/mol. The average Bonchev–Trinajstić information content (AvgIpc) is 2.76. The minimum absolute atomic E-state index is 0.0256. The second-order valence-corrected chi connectivity index (χ2v) is 6.88. The molecule has 0 saturated heterocycles. The van der Waals surface area contributed by atoms with Gasteiger partial charge in [0, 0.05) is 22.3 Å². The Morgan fingerprint density at radius 1 is 1.20 bits per heavy atom. The summed E-state index contributed by atoms with van der Waals surface area (Å²) in [7, 11) is 1.55. The van der Waals surface area contributed by atoms with Crippen molar-refractivity contribution in [3.63, 3.8) is 0 Å². The molecule has 1 aromatic carbocycles. The van der Waals surface area contributed by atoms with E-state index in [-0.39, 0.29) is 4.90 Å². The minimum Gasteiger partial charge on any atom is -0.235 e. The van der Waals surface area contributed by atoms with Gasteiger partial charge < -0.3 is 0 Å². The quantitative estimate of drug-likeness (QED) is 0.683. The number of hydrogen-bond acceptors (Lipinski definition) is 4. The van der Waals surface area contributed by atoms with E-state index in [1.54, 1.807) is 11.6 Å². The highest BCUT2D eigenvalue weighted by molar-refractivity contribution is 8.13. The lowest BCUT2D eigenvalue weighted by molar-refractivity contribution is 0.609. The number of halogens is 1. The van der Waals surface area contributed by atoms with Gasteiger partial charge in [-0.1, -0.05) is 18.2 Å². The van der Waals surface area contributed by atoms with Crippen LogP contribution in [0.25, 0.3) is 16.7 Å². The van der Waals surface area contributed by atoms with Gasteiger partial charge in [-0.15, -0.1) is 0 Å². The lowest BCUT2D eigenvalue weighted by atomic mass is 10.3. The number of benzene rings is 1. The van der Waals surface area contributed by atoms with Gasteiger partial charge in [0.05, 0.1) is 11.4 Å². The number of fused-ring (bicyclic) bond motifs is 1. The number of rotatable bonds is 2. The summed E-state index contributed by atoms with van der Waals surface area (Å²) in [5.41, 5.74) is 2.15. The van der Waals surface area contributed by atoms with Gasteiger partial charge >= 0.3 is 0 Å². The molecule has 0 bridgehead atoms. The first-order chi connectivity index (χ1) is 9.47. The Morgan fingerprint density at radius 3 is 2.55 bits per heavy atom. The van der Waals surface area contributed by atoms with E-state index in [1.807, 2.05) is 30.3 Å². The topological polar surface area (TPSA) is 64.8 Å². The zero-order valence-electron chi connectivity index (χ0n) is 10.5. The Hall–Kier alpha value is -1.92. The minimum atomic E-state index is -3.79. The van der Waals surface area contributed by atoms with Crippen LogP contribution in [-0.2, 0) is 9.05 Å². The smallest absolute Gasteiger partial charge is 0.235 e. The average molecular weight is 308 g/mol. The van der Waals surface area contributed by atoms with Crippen LogP contribution in [-0.4, -0.2) is 23.2 Å². The Morgan fingerprint density at radius 2 is 1.90 bits per heavy atom. The summed E-state index contributed by atoms with van der Waals surface area (Å²) < 4.78 is 24.4. The fraction of sp³-hybridized carbons (Fsp3) is 0.0769. The fourth-order valence-electron chi connectivity index (χ4n) is 2.01. The van der Waals surface area contributed by atoms with E-state index in [0.717, 1.165) is 5.69 Å². The first-order valence-electron chi connectivity index (χ1n) is 5.82. The number of aromatic nitrogens is 3. The molecule has 2 heterocycles. The van der Waals surface area contributed by atoms with Gasteiger partial charge in [0.25, 0.3) is 9.05 Å². The van der Waals surface area contributed by atoms with Crippen molar-refractivity contribution in [2.75, 3.05) is 0 Å². The van der Waals surface area contributed by atoms with Crippen LogP contribution in [0.2, 0.25) is 0 Å². The van der Waals surface area contributed by atoms with Crippen molar-refractivity contribution in [2.24, 2.45) is 0 Å². The number of hydrogen-bond donors (Lipinski definition) is 0. The monoisotopic (exact) mass is 307 g/mol. The molecule has 3 aromatic rings. The molecule has 20 heavy (non-hydrogen) atoms. The first-order valence-corrected chi connectivity index (χ1v) is 8.13. The van der Waals surface area contributed by atoms with Crippen molar-refractivity contribution >= 4 is 30.8 Å². The van der Waals surface area contributed by atoms with Crippen LogP contribution in [0.3, 0.4) is 0 Å². The highest BCUT2D eigenvalue weighted by atomic mass is 35.7. The number of nitrogens with zero attached hydrogens (tertiary/aromatic N) is 3. The molecule has 3 rings (SSSR count). The molecule has 0 saturated carbocycles. The third kappa shape index (κ3) is 2.17. The Bertz CT molecular complexity index is 889. The van der Waals surface area contributed by atoms with Gasteiger partial charge in [0.15, 0.2) is 5.65 Å². The van der Waals surface area contributed by atoms with Crippen LogP contribution >= 0.6 is 10.7 Å². The molecular weight excluding hydrogens is 298 g/mol. The van der Waals surface area contributed by atoms with Crippen LogP contribution in [0.1, 0.15) is 5.69 Å². The standard InChI is InChI=1S/C13H10ClN3O2S/c1-9-12-7-11(20(14,18)19)8-15-13(12)17(16-9)10-5-3-2-4-6-10/h2-8H,1H3. The lowest BCUT2D eigenvalue weighted by Gasteiger charge is -2.02. The van der Waals surface area contributed by atoms with E-state index >= 15 is 0 Å². The van der Waals surface area contributed by atoms with Crippen LogP contribution in [0, 0.1) is 6.92 Å². The van der Waals surface area contributed by atoms with Gasteiger partial charge in [0.1, 0.15) is 4.90 Å². The molecule has 7 heteroatoms. The summed E-state index contributed by atoms with van der Waals surface area (Å²) >= 11 is 0. The van der Waals surface area contributed by atoms with Crippen molar-refractivity contribution in [1.82, 2.24) is 14.8 Å². The highest BCUT2D eigenvalue weighted by Gasteiger charge is 2.16. The molecule has 0 aliphatic rings. The molecule has 0 aliphatic heterocycles. The van der Waals surface area contributed by atoms with Crippen molar-refractivity contribution < 1.29 is 8.42 Å². The molecule has 0 N–H and O–H groups in total. The van der Waals surface area contributed by atoms with E-state index in [0.29, 0.717) is 16.7 Å². The van der Waals surface area contributed by atoms with Crippen LogP contribution in [0.15, 0.2) is 47.5 Å². The van der Waals surface area contributed by atoms with E-state index in [1.165, 1.54) is 12.3 Å². The maximum atomic E-state index is 11.4. The van der Waals surface area contributed by atoms with Crippen LogP contribution in [0.4, 0.5) is 0 Å². The molecular formula is C13H10ClN3O2S. The maximum absolute atomic E-state index is 11.4. The summed E-state index contributed by atoms with van der Waals surface area (Å²) in [6, 6.07) is 11.0. The van der Waals surface area contributed by atoms with Crippen LogP contribution in [0.5, 0.6) is 0 Å². The van der Waals surface area contributed by atoms with Crippen molar-refractivity contribution in [3.8, 4) is 5.69 Å². The van der Waals surface area contributed by atoms with Crippen LogP contribution < -0.4 is 0 Å². The Kier molecular flexibility index (Phi) is 2.99.